The van der Waals surface area contributed by atoms with Gasteiger partial charge in [-0.25, -0.2) is 4.39 Å². The summed E-state index contributed by atoms with van der Waals surface area (Å²) in [7, 11) is 0. The van der Waals surface area contributed by atoms with Crippen molar-refractivity contribution in [1.29, 1.82) is 0 Å². The van der Waals surface area contributed by atoms with E-state index in [1.54, 1.807) is 12.1 Å². The van der Waals surface area contributed by atoms with Crippen LogP contribution in [0.25, 0.3) is 11.3 Å². The van der Waals surface area contributed by atoms with E-state index in [-0.39, 0.29) is 5.82 Å². The normalized spacial score (nSPS) is 10.7. The topological polar surface area (TPSA) is 34.4 Å². The molecule has 0 aliphatic carbocycles. The van der Waals surface area contributed by atoms with Crippen LogP contribution in [-0.2, 0) is 11.4 Å². The Bertz CT molecular complexity index is 465. The number of nitrogens with one attached hydrogen (secondary N) is 1. The average molecular weight is 235 g/mol. The molecular weight excluding hydrogens is 221 g/mol. The van der Waals surface area contributed by atoms with E-state index in [2.05, 4.69) is 5.48 Å². The molecule has 0 radical (unpaired) electrons. The van der Waals surface area contributed by atoms with Crippen LogP contribution in [0.1, 0.15) is 12.7 Å². The third kappa shape index (κ3) is 3.15. The van der Waals surface area contributed by atoms with Gasteiger partial charge in [-0.05, 0) is 43.3 Å². The predicted molar refractivity (Wildman–Crippen MR) is 62.6 cm³/mol. The highest BCUT2D eigenvalue weighted by Gasteiger charge is 2.04. The highest BCUT2D eigenvalue weighted by Crippen LogP contribution is 2.22. The molecule has 0 aliphatic heterocycles. The van der Waals surface area contributed by atoms with Crippen LogP contribution in [-0.4, -0.2) is 6.61 Å². The summed E-state index contributed by atoms with van der Waals surface area (Å²) < 4.78 is 18.3. The minimum atomic E-state index is -0.251. The molecular formula is C13H14FNO2. The lowest BCUT2D eigenvalue weighted by molar-refractivity contribution is 0.0427. The minimum absolute atomic E-state index is 0.251. The molecule has 0 spiro atoms. The highest BCUT2D eigenvalue weighted by molar-refractivity contribution is 5.57. The molecule has 0 atom stereocenters. The minimum Gasteiger partial charge on any atom is -0.460 e. The number of rotatable bonds is 5. The van der Waals surface area contributed by atoms with Gasteiger partial charge in [0.25, 0.3) is 0 Å². The van der Waals surface area contributed by atoms with Crippen molar-refractivity contribution in [3.8, 4) is 11.3 Å². The van der Waals surface area contributed by atoms with Crippen molar-refractivity contribution in [1.82, 2.24) is 5.48 Å². The maximum atomic E-state index is 12.8. The first-order chi connectivity index (χ1) is 8.29. The van der Waals surface area contributed by atoms with Crippen LogP contribution in [0.2, 0.25) is 0 Å². The number of benzene rings is 1. The largest absolute Gasteiger partial charge is 0.460 e. The van der Waals surface area contributed by atoms with Gasteiger partial charge < -0.3 is 9.25 Å². The molecule has 2 aromatic rings. The monoisotopic (exact) mass is 235 g/mol. The fraction of sp³-hybridized carbons (Fsp3) is 0.231. The fourth-order valence-corrected chi connectivity index (χ4v) is 1.47. The molecule has 0 saturated carbocycles. The molecule has 0 saturated heterocycles. The summed E-state index contributed by atoms with van der Waals surface area (Å²) in [6.45, 7) is 3.01. The molecule has 0 unspecified atom stereocenters. The lowest BCUT2D eigenvalue weighted by Crippen LogP contribution is -2.12. The Hall–Kier alpha value is -1.65. The zero-order valence-corrected chi connectivity index (χ0v) is 9.57. The molecule has 0 aliphatic rings. The second-order valence-corrected chi connectivity index (χ2v) is 3.53. The van der Waals surface area contributed by atoms with Gasteiger partial charge in [0.2, 0.25) is 0 Å². The van der Waals surface area contributed by atoms with E-state index < -0.39 is 0 Å². The number of halogens is 1. The van der Waals surface area contributed by atoms with Crippen molar-refractivity contribution in [3.63, 3.8) is 0 Å². The molecule has 0 bridgehead atoms. The standard InChI is InChI=1S/C13H14FNO2/c1-2-16-15-9-12-7-8-13(17-12)10-3-5-11(14)6-4-10/h3-8,15H,2,9H2,1H3. The van der Waals surface area contributed by atoms with E-state index in [4.69, 9.17) is 9.25 Å². The summed E-state index contributed by atoms with van der Waals surface area (Å²) in [6.07, 6.45) is 0. The van der Waals surface area contributed by atoms with E-state index >= 15 is 0 Å². The maximum absolute atomic E-state index is 12.8. The van der Waals surface area contributed by atoms with Crippen LogP contribution in [0.3, 0.4) is 0 Å². The van der Waals surface area contributed by atoms with E-state index in [1.807, 2.05) is 19.1 Å². The van der Waals surface area contributed by atoms with Gasteiger partial charge in [0.1, 0.15) is 17.3 Å². The highest BCUT2D eigenvalue weighted by atomic mass is 19.1. The SMILES string of the molecule is CCONCc1ccc(-c2ccc(F)cc2)o1. The lowest BCUT2D eigenvalue weighted by Gasteiger charge is -2.00. The van der Waals surface area contributed by atoms with Gasteiger partial charge in [0, 0.05) is 5.56 Å². The van der Waals surface area contributed by atoms with Gasteiger partial charge in [0.05, 0.1) is 13.2 Å². The van der Waals surface area contributed by atoms with Gasteiger partial charge in [-0.1, -0.05) is 0 Å². The number of furan rings is 1. The number of hydrogen-bond acceptors (Lipinski definition) is 3. The van der Waals surface area contributed by atoms with Crippen LogP contribution < -0.4 is 5.48 Å². The number of hydrogen-bond donors (Lipinski definition) is 1. The van der Waals surface area contributed by atoms with E-state index in [9.17, 15) is 4.39 Å². The fourth-order valence-electron chi connectivity index (χ4n) is 1.47. The van der Waals surface area contributed by atoms with Crippen molar-refractivity contribution < 1.29 is 13.6 Å². The molecule has 1 aromatic heterocycles. The summed E-state index contributed by atoms with van der Waals surface area (Å²) >= 11 is 0. The van der Waals surface area contributed by atoms with Crippen molar-refractivity contribution in [2.24, 2.45) is 0 Å². The Labute approximate surface area is 99.2 Å². The maximum Gasteiger partial charge on any atom is 0.134 e. The first-order valence-electron chi connectivity index (χ1n) is 5.49. The first-order valence-corrected chi connectivity index (χ1v) is 5.49. The Morgan fingerprint density at radius 1 is 1.18 bits per heavy atom. The smallest absolute Gasteiger partial charge is 0.134 e. The molecule has 3 nitrogen and oxygen atoms in total. The summed E-state index contributed by atoms with van der Waals surface area (Å²) in [5.41, 5.74) is 3.63. The molecule has 2 rings (SSSR count). The molecule has 0 amide bonds. The van der Waals surface area contributed by atoms with Crippen LogP contribution in [0.4, 0.5) is 4.39 Å². The molecule has 17 heavy (non-hydrogen) atoms. The molecule has 1 N–H and O–H groups in total. The Morgan fingerprint density at radius 2 is 1.94 bits per heavy atom. The molecule has 90 valence electrons. The van der Waals surface area contributed by atoms with Crippen molar-refractivity contribution in [3.05, 3.63) is 48.0 Å². The van der Waals surface area contributed by atoms with Gasteiger partial charge in [-0.2, -0.15) is 5.48 Å². The van der Waals surface area contributed by atoms with Crippen molar-refractivity contribution in [2.45, 2.75) is 13.5 Å². The second-order valence-electron chi connectivity index (χ2n) is 3.53. The third-order valence-electron chi connectivity index (χ3n) is 2.28. The van der Waals surface area contributed by atoms with E-state index in [1.165, 1.54) is 12.1 Å². The summed E-state index contributed by atoms with van der Waals surface area (Å²) in [5, 5.41) is 0. The quantitative estimate of drug-likeness (QED) is 0.638. The van der Waals surface area contributed by atoms with Crippen molar-refractivity contribution in [2.75, 3.05) is 6.61 Å². The molecule has 4 heteroatoms. The Morgan fingerprint density at radius 3 is 2.65 bits per heavy atom. The van der Waals surface area contributed by atoms with Gasteiger partial charge in [-0.3, -0.25) is 0 Å². The van der Waals surface area contributed by atoms with Crippen molar-refractivity contribution >= 4 is 0 Å². The number of hydroxylamine groups is 1. The predicted octanol–water partition coefficient (Wildman–Crippen LogP) is 3.13. The van der Waals surface area contributed by atoms with Gasteiger partial charge >= 0.3 is 0 Å². The van der Waals surface area contributed by atoms with E-state index in [0.717, 1.165) is 17.1 Å². The summed E-state index contributed by atoms with van der Waals surface area (Å²) in [6, 6.07) is 9.93. The van der Waals surface area contributed by atoms with Crippen LogP contribution in [0.5, 0.6) is 0 Å². The van der Waals surface area contributed by atoms with Crippen LogP contribution in [0.15, 0.2) is 40.8 Å². The van der Waals surface area contributed by atoms with E-state index in [0.29, 0.717) is 13.2 Å². The van der Waals surface area contributed by atoms with Crippen LogP contribution >= 0.6 is 0 Å². The second kappa shape index (κ2) is 5.61. The molecule has 1 heterocycles. The van der Waals surface area contributed by atoms with Crippen LogP contribution in [0, 0.1) is 5.82 Å². The first kappa shape index (κ1) is 11.8. The molecule has 0 fully saturated rings. The summed E-state index contributed by atoms with van der Waals surface area (Å²) in [5.74, 6) is 1.25. The van der Waals surface area contributed by atoms with Gasteiger partial charge in [-0.15, -0.1) is 0 Å². The molecule has 1 aromatic carbocycles. The zero-order chi connectivity index (χ0) is 12.1. The average Bonchev–Trinajstić information content (AvgIpc) is 2.79. The Balaban J connectivity index is 2.04. The third-order valence-corrected chi connectivity index (χ3v) is 2.28. The zero-order valence-electron chi connectivity index (χ0n) is 9.57. The summed E-state index contributed by atoms with van der Waals surface area (Å²) in [4.78, 5) is 5.01. The lowest BCUT2D eigenvalue weighted by atomic mass is 10.2. The Kier molecular flexibility index (Phi) is 3.90. The van der Waals surface area contributed by atoms with Gasteiger partial charge in [0.15, 0.2) is 0 Å².